The quantitative estimate of drug-likeness (QED) is 0.742. The molecular weight excluding hydrogens is 312 g/mol. The molecular formula is C16H14N4O4. The molecule has 2 aromatic heterocycles. The van der Waals surface area contributed by atoms with Crippen molar-refractivity contribution in [3.05, 3.63) is 74.8 Å². The van der Waals surface area contributed by atoms with Crippen LogP contribution in [0.4, 0.5) is 0 Å². The largest absolute Gasteiger partial charge is 0.359 e. The number of carbonyl (C=O) groups is 1. The minimum Gasteiger partial charge on any atom is -0.359 e. The Kier molecular flexibility index (Phi) is 4.11. The fraction of sp³-hybridized carbons (Fsp3) is 0.125. The van der Waals surface area contributed by atoms with Crippen molar-refractivity contribution in [2.45, 2.75) is 6.54 Å². The van der Waals surface area contributed by atoms with Crippen molar-refractivity contribution < 1.29 is 9.32 Å². The van der Waals surface area contributed by atoms with Gasteiger partial charge in [-0.2, -0.15) is 0 Å². The second kappa shape index (κ2) is 6.37. The molecule has 0 aliphatic carbocycles. The Balaban J connectivity index is 1.76. The predicted octanol–water partition coefficient (Wildman–Crippen LogP) is 0.990. The summed E-state index contributed by atoms with van der Waals surface area (Å²) >= 11 is 0. The van der Waals surface area contributed by atoms with E-state index >= 15 is 0 Å². The number of hydrogen-bond acceptors (Lipinski definition) is 5. The zero-order chi connectivity index (χ0) is 17.1. The standard InChI is InChI=1S/C16H14N4O4/c1-20(15(22)13-8-14(21)18-16(23)17-13)9-11-7-12(19-24-11)10-5-3-2-4-6-10/h2-8H,9H2,1H3,(H2,17,18,21,23). The van der Waals surface area contributed by atoms with Crippen LogP contribution in [-0.4, -0.2) is 33.0 Å². The van der Waals surface area contributed by atoms with E-state index in [-0.39, 0.29) is 12.2 Å². The number of aromatic nitrogens is 3. The van der Waals surface area contributed by atoms with Gasteiger partial charge in [-0.15, -0.1) is 0 Å². The van der Waals surface area contributed by atoms with Crippen LogP contribution in [0.3, 0.4) is 0 Å². The third-order valence-electron chi connectivity index (χ3n) is 3.36. The van der Waals surface area contributed by atoms with Gasteiger partial charge in [-0.25, -0.2) is 4.79 Å². The molecule has 2 N–H and O–H groups in total. The summed E-state index contributed by atoms with van der Waals surface area (Å²) in [6.07, 6.45) is 0. The highest BCUT2D eigenvalue weighted by atomic mass is 16.5. The maximum absolute atomic E-state index is 12.3. The van der Waals surface area contributed by atoms with Gasteiger partial charge in [-0.05, 0) is 0 Å². The maximum Gasteiger partial charge on any atom is 0.326 e. The number of carbonyl (C=O) groups excluding carboxylic acids is 1. The lowest BCUT2D eigenvalue weighted by atomic mass is 10.1. The topological polar surface area (TPSA) is 112 Å². The van der Waals surface area contributed by atoms with Crippen molar-refractivity contribution in [1.82, 2.24) is 20.0 Å². The van der Waals surface area contributed by atoms with Gasteiger partial charge in [0.15, 0.2) is 5.76 Å². The Morgan fingerprint density at radius 2 is 1.92 bits per heavy atom. The van der Waals surface area contributed by atoms with Crippen molar-refractivity contribution in [2.75, 3.05) is 7.05 Å². The monoisotopic (exact) mass is 326 g/mol. The van der Waals surface area contributed by atoms with E-state index in [9.17, 15) is 14.4 Å². The van der Waals surface area contributed by atoms with E-state index in [1.165, 1.54) is 11.9 Å². The maximum atomic E-state index is 12.3. The van der Waals surface area contributed by atoms with Gasteiger partial charge >= 0.3 is 5.69 Å². The van der Waals surface area contributed by atoms with Gasteiger partial charge in [0.2, 0.25) is 0 Å². The molecule has 24 heavy (non-hydrogen) atoms. The number of rotatable bonds is 4. The minimum atomic E-state index is -0.731. The molecule has 0 fully saturated rings. The molecule has 0 aliphatic heterocycles. The lowest BCUT2D eigenvalue weighted by Crippen LogP contribution is -2.32. The van der Waals surface area contributed by atoms with Crippen LogP contribution in [0.2, 0.25) is 0 Å². The second-order valence-electron chi connectivity index (χ2n) is 5.21. The Labute approximate surface area is 135 Å². The molecule has 1 amide bonds. The Morgan fingerprint density at radius 3 is 2.62 bits per heavy atom. The van der Waals surface area contributed by atoms with Crippen LogP contribution in [0.15, 0.2) is 56.6 Å². The summed E-state index contributed by atoms with van der Waals surface area (Å²) < 4.78 is 5.24. The highest BCUT2D eigenvalue weighted by Crippen LogP contribution is 2.19. The SMILES string of the molecule is CN(Cc1cc(-c2ccccc2)no1)C(=O)c1cc(=O)[nH]c(=O)[nH]1. The molecule has 122 valence electrons. The van der Waals surface area contributed by atoms with E-state index in [1.54, 1.807) is 6.07 Å². The molecule has 0 saturated heterocycles. The molecule has 0 bridgehead atoms. The third-order valence-corrected chi connectivity index (χ3v) is 3.36. The number of nitrogens with zero attached hydrogens (tertiary/aromatic N) is 2. The van der Waals surface area contributed by atoms with Gasteiger partial charge in [-0.3, -0.25) is 14.6 Å². The van der Waals surface area contributed by atoms with Crippen molar-refractivity contribution >= 4 is 5.91 Å². The van der Waals surface area contributed by atoms with E-state index in [0.717, 1.165) is 11.6 Å². The number of hydrogen-bond donors (Lipinski definition) is 2. The number of benzene rings is 1. The molecule has 3 rings (SSSR count). The molecule has 0 saturated carbocycles. The van der Waals surface area contributed by atoms with Crippen molar-refractivity contribution in [2.24, 2.45) is 0 Å². The first-order valence-electron chi connectivity index (χ1n) is 7.13. The van der Waals surface area contributed by atoms with Crippen LogP contribution in [0.25, 0.3) is 11.3 Å². The van der Waals surface area contributed by atoms with Crippen LogP contribution in [-0.2, 0) is 6.54 Å². The summed E-state index contributed by atoms with van der Waals surface area (Å²) in [5.74, 6) is -0.0206. The summed E-state index contributed by atoms with van der Waals surface area (Å²) in [6, 6.07) is 12.3. The molecule has 0 aliphatic rings. The minimum absolute atomic E-state index is 0.0888. The van der Waals surface area contributed by atoms with Gasteiger partial charge < -0.3 is 14.4 Å². The van der Waals surface area contributed by atoms with E-state index < -0.39 is 17.2 Å². The normalized spacial score (nSPS) is 10.5. The van der Waals surface area contributed by atoms with E-state index in [4.69, 9.17) is 4.52 Å². The molecule has 2 heterocycles. The van der Waals surface area contributed by atoms with Crippen molar-refractivity contribution in [3.8, 4) is 11.3 Å². The van der Waals surface area contributed by atoms with Crippen molar-refractivity contribution in [1.29, 1.82) is 0 Å². The van der Waals surface area contributed by atoms with Gasteiger partial charge in [0.05, 0.1) is 6.54 Å². The second-order valence-corrected chi connectivity index (χ2v) is 5.21. The Morgan fingerprint density at radius 1 is 1.17 bits per heavy atom. The Bertz CT molecular complexity index is 943. The Hall–Kier alpha value is -3.42. The highest BCUT2D eigenvalue weighted by molar-refractivity contribution is 5.91. The van der Waals surface area contributed by atoms with Gasteiger partial charge in [0.25, 0.3) is 11.5 Å². The van der Waals surface area contributed by atoms with Gasteiger partial charge in [0.1, 0.15) is 11.4 Å². The zero-order valence-electron chi connectivity index (χ0n) is 12.8. The lowest BCUT2D eigenvalue weighted by Gasteiger charge is -2.14. The molecule has 0 spiro atoms. The molecule has 1 aromatic carbocycles. The first kappa shape index (κ1) is 15.5. The molecule has 8 nitrogen and oxygen atoms in total. The molecule has 3 aromatic rings. The summed E-state index contributed by atoms with van der Waals surface area (Å²) in [5.41, 5.74) is 0.109. The van der Waals surface area contributed by atoms with E-state index in [2.05, 4.69) is 10.1 Å². The number of H-pyrrole nitrogens is 2. The first-order valence-corrected chi connectivity index (χ1v) is 7.13. The molecule has 8 heteroatoms. The fourth-order valence-electron chi connectivity index (χ4n) is 2.23. The molecule has 0 unspecified atom stereocenters. The van der Waals surface area contributed by atoms with Crippen LogP contribution in [0, 0.1) is 0 Å². The summed E-state index contributed by atoms with van der Waals surface area (Å²) in [5, 5.41) is 3.97. The van der Waals surface area contributed by atoms with Crippen molar-refractivity contribution in [3.63, 3.8) is 0 Å². The van der Waals surface area contributed by atoms with E-state index in [1.807, 2.05) is 35.3 Å². The predicted molar refractivity (Wildman–Crippen MR) is 85.4 cm³/mol. The van der Waals surface area contributed by atoms with Crippen LogP contribution < -0.4 is 11.2 Å². The molecule has 0 radical (unpaired) electrons. The number of nitrogens with one attached hydrogen (secondary N) is 2. The number of aromatic amines is 2. The van der Waals surface area contributed by atoms with Crippen LogP contribution >= 0.6 is 0 Å². The van der Waals surface area contributed by atoms with E-state index in [0.29, 0.717) is 11.5 Å². The summed E-state index contributed by atoms with van der Waals surface area (Å²) in [7, 11) is 1.53. The fourth-order valence-corrected chi connectivity index (χ4v) is 2.23. The average Bonchev–Trinajstić information content (AvgIpc) is 3.02. The van der Waals surface area contributed by atoms with Gasteiger partial charge in [0, 0.05) is 24.7 Å². The van der Waals surface area contributed by atoms with Crippen LogP contribution in [0.5, 0.6) is 0 Å². The highest BCUT2D eigenvalue weighted by Gasteiger charge is 2.16. The summed E-state index contributed by atoms with van der Waals surface area (Å²) in [6.45, 7) is 0.146. The van der Waals surface area contributed by atoms with Crippen LogP contribution in [0.1, 0.15) is 16.2 Å². The lowest BCUT2D eigenvalue weighted by molar-refractivity contribution is 0.0765. The molecule has 0 atom stereocenters. The third kappa shape index (κ3) is 3.32. The average molecular weight is 326 g/mol. The summed E-state index contributed by atoms with van der Waals surface area (Å²) in [4.78, 5) is 40.4. The zero-order valence-corrected chi connectivity index (χ0v) is 12.8. The number of amides is 1. The first-order chi connectivity index (χ1) is 11.5. The van der Waals surface area contributed by atoms with Gasteiger partial charge in [-0.1, -0.05) is 35.5 Å². The smallest absolute Gasteiger partial charge is 0.326 e.